The molecule has 26 heavy (non-hydrogen) atoms. The lowest BCUT2D eigenvalue weighted by Crippen LogP contribution is -2.52. The van der Waals surface area contributed by atoms with Crippen molar-refractivity contribution in [2.24, 2.45) is 5.41 Å². The minimum atomic E-state index is -1.04. The second-order valence-corrected chi connectivity index (χ2v) is 7.65. The van der Waals surface area contributed by atoms with Crippen LogP contribution in [-0.4, -0.2) is 53.7 Å². The Morgan fingerprint density at radius 1 is 1.35 bits per heavy atom. The fourth-order valence-corrected chi connectivity index (χ4v) is 4.42. The number of nitrogens with zero attached hydrogens (tertiary/aromatic N) is 2. The van der Waals surface area contributed by atoms with Gasteiger partial charge in [-0.15, -0.1) is 11.3 Å². The molecular weight excluding hydrogens is 352 g/mol. The molecule has 0 bridgehead atoms. The first-order chi connectivity index (χ1) is 12.5. The molecule has 0 saturated carbocycles. The Balaban J connectivity index is 1.85. The Kier molecular flexibility index (Phi) is 5.38. The number of likely N-dealkylation sites (tertiary alicyclic amines) is 1. The zero-order chi connectivity index (χ0) is 18.7. The molecule has 7 heteroatoms. The van der Waals surface area contributed by atoms with Crippen LogP contribution in [0.25, 0.3) is 10.6 Å². The van der Waals surface area contributed by atoms with E-state index in [-0.39, 0.29) is 19.1 Å². The molecule has 1 N–H and O–H groups in total. The number of carboxylic acid groups (broad SMARTS) is 1. The lowest BCUT2D eigenvalue weighted by atomic mass is 9.80. The van der Waals surface area contributed by atoms with Crippen LogP contribution in [0.3, 0.4) is 0 Å². The van der Waals surface area contributed by atoms with Gasteiger partial charge in [0.1, 0.15) is 15.3 Å². The minimum absolute atomic E-state index is 0.100. The van der Waals surface area contributed by atoms with Crippen molar-refractivity contribution >= 4 is 23.2 Å². The molecule has 2 aromatic rings. The molecule has 3 rings (SSSR count). The number of carboxylic acids is 1. The second-order valence-electron chi connectivity index (χ2n) is 6.65. The van der Waals surface area contributed by atoms with Gasteiger partial charge >= 0.3 is 5.97 Å². The maximum absolute atomic E-state index is 13.0. The normalized spacial score (nSPS) is 20.2. The molecule has 138 valence electrons. The Morgan fingerprint density at radius 3 is 2.73 bits per heavy atom. The van der Waals surface area contributed by atoms with E-state index in [0.717, 1.165) is 10.6 Å². The molecule has 0 aliphatic carbocycles. The average molecular weight is 374 g/mol. The van der Waals surface area contributed by atoms with Crippen LogP contribution >= 0.6 is 11.3 Å². The van der Waals surface area contributed by atoms with Gasteiger partial charge in [0.15, 0.2) is 0 Å². The number of aliphatic carboxylic acids is 1. The molecule has 2 heterocycles. The number of rotatable bonds is 5. The molecule has 0 spiro atoms. The summed E-state index contributed by atoms with van der Waals surface area (Å²) in [6, 6.07) is 9.72. The molecule has 1 fully saturated rings. The second kappa shape index (κ2) is 7.55. The van der Waals surface area contributed by atoms with Gasteiger partial charge in [0.05, 0.1) is 12.3 Å². The zero-order valence-electron chi connectivity index (χ0n) is 14.9. The molecule has 0 radical (unpaired) electrons. The summed E-state index contributed by atoms with van der Waals surface area (Å²) in [6.45, 7) is 2.63. The third-order valence-corrected chi connectivity index (χ3v) is 5.94. The first-order valence-corrected chi connectivity index (χ1v) is 9.33. The third kappa shape index (κ3) is 3.50. The summed E-state index contributed by atoms with van der Waals surface area (Å²) in [7, 11) is 1.49. The van der Waals surface area contributed by atoms with Crippen molar-refractivity contribution in [3.8, 4) is 10.6 Å². The Hall–Kier alpha value is -2.25. The highest BCUT2D eigenvalue weighted by molar-refractivity contribution is 7.17. The highest BCUT2D eigenvalue weighted by Gasteiger charge is 2.44. The number of aromatic nitrogens is 1. The van der Waals surface area contributed by atoms with Gasteiger partial charge in [-0.1, -0.05) is 30.3 Å². The molecule has 1 amide bonds. The third-order valence-electron chi connectivity index (χ3n) is 4.75. The topological polar surface area (TPSA) is 79.7 Å². The number of aryl methyl sites for hydroxylation is 1. The number of methoxy groups -OCH3 is 1. The van der Waals surface area contributed by atoms with Crippen LogP contribution in [-0.2, 0) is 9.53 Å². The van der Waals surface area contributed by atoms with E-state index < -0.39 is 11.4 Å². The van der Waals surface area contributed by atoms with E-state index in [2.05, 4.69) is 4.98 Å². The van der Waals surface area contributed by atoms with Crippen LogP contribution < -0.4 is 0 Å². The van der Waals surface area contributed by atoms with Gasteiger partial charge in [-0.3, -0.25) is 9.59 Å². The van der Waals surface area contributed by atoms with Gasteiger partial charge in [-0.25, -0.2) is 4.98 Å². The van der Waals surface area contributed by atoms with Crippen molar-refractivity contribution in [2.75, 3.05) is 26.8 Å². The summed E-state index contributed by atoms with van der Waals surface area (Å²) < 4.78 is 5.14. The molecule has 1 saturated heterocycles. The number of piperidine rings is 1. The summed E-state index contributed by atoms with van der Waals surface area (Å²) in [6.07, 6.45) is 1.15. The molecule has 1 aromatic carbocycles. The lowest BCUT2D eigenvalue weighted by molar-refractivity contribution is -0.155. The van der Waals surface area contributed by atoms with Crippen molar-refractivity contribution in [3.63, 3.8) is 0 Å². The van der Waals surface area contributed by atoms with Gasteiger partial charge in [-0.2, -0.15) is 0 Å². The minimum Gasteiger partial charge on any atom is -0.481 e. The standard InChI is InChI=1S/C19H22N2O4S/c1-13-15(26-16(20-13)14-7-4-3-5-8-14)17(22)21-10-6-9-19(11-21,12-25-2)18(23)24/h3-5,7-8H,6,9-12H2,1-2H3,(H,23,24). The van der Waals surface area contributed by atoms with Crippen LogP contribution in [0.4, 0.5) is 0 Å². The summed E-state index contributed by atoms with van der Waals surface area (Å²) in [5, 5.41) is 10.5. The van der Waals surface area contributed by atoms with Crippen molar-refractivity contribution in [1.82, 2.24) is 9.88 Å². The van der Waals surface area contributed by atoms with E-state index >= 15 is 0 Å². The maximum atomic E-state index is 13.0. The summed E-state index contributed by atoms with van der Waals surface area (Å²) in [4.78, 5) is 31.6. The van der Waals surface area contributed by atoms with Gasteiger partial charge in [0.2, 0.25) is 0 Å². The Bertz CT molecular complexity index is 801. The van der Waals surface area contributed by atoms with Crippen molar-refractivity contribution in [1.29, 1.82) is 0 Å². The number of ether oxygens (including phenoxy) is 1. The largest absolute Gasteiger partial charge is 0.481 e. The van der Waals surface area contributed by atoms with Crippen molar-refractivity contribution in [2.45, 2.75) is 19.8 Å². The number of hydrogen-bond donors (Lipinski definition) is 1. The quantitative estimate of drug-likeness (QED) is 0.870. The number of thiazole rings is 1. The Labute approximate surface area is 156 Å². The molecule has 1 unspecified atom stereocenters. The number of benzene rings is 1. The van der Waals surface area contributed by atoms with Crippen LogP contribution in [0, 0.1) is 12.3 Å². The summed E-state index contributed by atoms with van der Waals surface area (Å²) >= 11 is 1.36. The van der Waals surface area contributed by atoms with Crippen LogP contribution in [0.2, 0.25) is 0 Å². The van der Waals surface area contributed by atoms with E-state index in [1.165, 1.54) is 18.4 Å². The van der Waals surface area contributed by atoms with E-state index in [0.29, 0.717) is 30.0 Å². The predicted octanol–water partition coefficient (Wildman–Crippen LogP) is 3.07. The maximum Gasteiger partial charge on any atom is 0.313 e. The molecule has 1 aliphatic heterocycles. The fraction of sp³-hybridized carbons (Fsp3) is 0.421. The predicted molar refractivity (Wildman–Crippen MR) is 99.4 cm³/mol. The number of hydrogen-bond acceptors (Lipinski definition) is 5. The van der Waals surface area contributed by atoms with Crippen LogP contribution in [0.1, 0.15) is 28.2 Å². The van der Waals surface area contributed by atoms with Gasteiger partial charge < -0.3 is 14.7 Å². The molecule has 1 aliphatic rings. The molecule has 1 aromatic heterocycles. The molecule has 6 nitrogen and oxygen atoms in total. The van der Waals surface area contributed by atoms with Crippen molar-refractivity contribution in [3.05, 3.63) is 40.9 Å². The SMILES string of the molecule is COCC1(C(=O)O)CCCN(C(=O)c2sc(-c3ccccc3)nc2C)C1. The van der Waals surface area contributed by atoms with Gasteiger partial charge in [-0.05, 0) is 19.8 Å². The highest BCUT2D eigenvalue weighted by Crippen LogP contribution is 2.34. The Morgan fingerprint density at radius 2 is 2.08 bits per heavy atom. The van der Waals surface area contributed by atoms with Crippen LogP contribution in [0.15, 0.2) is 30.3 Å². The highest BCUT2D eigenvalue weighted by atomic mass is 32.1. The van der Waals surface area contributed by atoms with Gasteiger partial charge in [0.25, 0.3) is 5.91 Å². The monoisotopic (exact) mass is 374 g/mol. The lowest BCUT2D eigenvalue weighted by Gasteiger charge is -2.39. The van der Waals surface area contributed by atoms with E-state index in [9.17, 15) is 14.7 Å². The summed E-state index contributed by atoms with van der Waals surface area (Å²) in [5.41, 5.74) is 0.610. The van der Waals surface area contributed by atoms with Crippen molar-refractivity contribution < 1.29 is 19.4 Å². The van der Waals surface area contributed by atoms with E-state index in [1.807, 2.05) is 37.3 Å². The zero-order valence-corrected chi connectivity index (χ0v) is 15.7. The average Bonchev–Trinajstić information content (AvgIpc) is 3.04. The fourth-order valence-electron chi connectivity index (χ4n) is 3.38. The van der Waals surface area contributed by atoms with Gasteiger partial charge in [0, 0.05) is 25.8 Å². The molecular formula is C19H22N2O4S. The van der Waals surface area contributed by atoms with E-state index in [4.69, 9.17) is 4.74 Å². The molecule has 1 atom stereocenters. The van der Waals surface area contributed by atoms with Crippen LogP contribution in [0.5, 0.6) is 0 Å². The first kappa shape index (κ1) is 18.5. The number of carbonyl (C=O) groups is 2. The van der Waals surface area contributed by atoms with E-state index in [1.54, 1.807) is 4.90 Å². The smallest absolute Gasteiger partial charge is 0.313 e. The number of carbonyl (C=O) groups excluding carboxylic acids is 1. The number of amides is 1. The first-order valence-electron chi connectivity index (χ1n) is 8.51. The summed E-state index contributed by atoms with van der Waals surface area (Å²) in [5.74, 6) is -1.06.